The Morgan fingerprint density at radius 1 is 1.10 bits per heavy atom. The first-order chi connectivity index (χ1) is 10.2. The van der Waals surface area contributed by atoms with Gasteiger partial charge < -0.3 is 10.1 Å². The zero-order chi connectivity index (χ0) is 14.9. The SMILES string of the molecule is O=C(NCC#Cc1ccc(Cl)cc1)OCc1ccccc1. The van der Waals surface area contributed by atoms with E-state index in [1.54, 1.807) is 12.1 Å². The van der Waals surface area contributed by atoms with Gasteiger partial charge >= 0.3 is 6.09 Å². The number of hydrogen-bond donors (Lipinski definition) is 1. The predicted molar refractivity (Wildman–Crippen MR) is 83.0 cm³/mol. The summed E-state index contributed by atoms with van der Waals surface area (Å²) in [7, 11) is 0. The molecule has 4 heteroatoms. The number of ether oxygens (including phenoxy) is 1. The zero-order valence-electron chi connectivity index (χ0n) is 11.3. The fraction of sp³-hybridized carbons (Fsp3) is 0.118. The second-order valence-corrected chi connectivity index (χ2v) is 4.66. The fourth-order valence-corrected chi connectivity index (χ4v) is 1.70. The Bertz CT molecular complexity index is 642. The summed E-state index contributed by atoms with van der Waals surface area (Å²) in [5, 5.41) is 3.24. The summed E-state index contributed by atoms with van der Waals surface area (Å²) >= 11 is 5.78. The van der Waals surface area contributed by atoms with Gasteiger partial charge in [-0.3, -0.25) is 0 Å². The van der Waals surface area contributed by atoms with Crippen molar-refractivity contribution in [3.05, 3.63) is 70.7 Å². The smallest absolute Gasteiger partial charge is 0.408 e. The van der Waals surface area contributed by atoms with Gasteiger partial charge in [-0.15, -0.1) is 0 Å². The van der Waals surface area contributed by atoms with E-state index in [9.17, 15) is 4.79 Å². The number of benzene rings is 2. The molecule has 0 aliphatic rings. The highest BCUT2D eigenvalue weighted by atomic mass is 35.5. The fourth-order valence-electron chi connectivity index (χ4n) is 1.57. The summed E-state index contributed by atoms with van der Waals surface area (Å²) < 4.78 is 5.06. The summed E-state index contributed by atoms with van der Waals surface area (Å²) in [4.78, 5) is 11.5. The number of carbonyl (C=O) groups is 1. The maximum Gasteiger partial charge on any atom is 0.408 e. The lowest BCUT2D eigenvalue weighted by Crippen LogP contribution is -2.24. The van der Waals surface area contributed by atoms with Gasteiger partial charge in [0.1, 0.15) is 6.61 Å². The molecule has 0 aliphatic heterocycles. The molecule has 0 aromatic heterocycles. The number of nitrogens with one attached hydrogen (secondary N) is 1. The summed E-state index contributed by atoms with van der Waals surface area (Å²) in [6.45, 7) is 0.480. The molecule has 0 atom stereocenters. The molecule has 2 rings (SSSR count). The van der Waals surface area contributed by atoms with Gasteiger partial charge in [-0.1, -0.05) is 53.8 Å². The van der Waals surface area contributed by atoms with E-state index in [4.69, 9.17) is 16.3 Å². The van der Waals surface area contributed by atoms with Crippen LogP contribution in [0.15, 0.2) is 54.6 Å². The van der Waals surface area contributed by atoms with Crippen LogP contribution in [0.25, 0.3) is 0 Å². The molecule has 0 saturated carbocycles. The van der Waals surface area contributed by atoms with Crippen LogP contribution < -0.4 is 5.32 Å². The topological polar surface area (TPSA) is 38.3 Å². The van der Waals surface area contributed by atoms with Gasteiger partial charge in [0, 0.05) is 10.6 Å². The average Bonchev–Trinajstić information content (AvgIpc) is 2.52. The molecule has 2 aromatic carbocycles. The summed E-state index contributed by atoms with van der Waals surface area (Å²) in [6.07, 6.45) is -0.482. The lowest BCUT2D eigenvalue weighted by molar-refractivity contribution is 0.141. The Labute approximate surface area is 128 Å². The quantitative estimate of drug-likeness (QED) is 0.879. The van der Waals surface area contributed by atoms with Crippen LogP contribution in [0.4, 0.5) is 4.79 Å². The molecule has 106 valence electrons. The first kappa shape index (κ1) is 15.0. The second-order valence-electron chi connectivity index (χ2n) is 4.22. The molecule has 0 saturated heterocycles. The van der Waals surface area contributed by atoms with Gasteiger partial charge in [0.2, 0.25) is 0 Å². The normalized spacial score (nSPS) is 9.38. The maximum absolute atomic E-state index is 11.5. The van der Waals surface area contributed by atoms with E-state index in [0.717, 1.165) is 11.1 Å². The first-order valence-corrected chi connectivity index (χ1v) is 6.81. The van der Waals surface area contributed by atoms with Gasteiger partial charge in [0.15, 0.2) is 0 Å². The van der Waals surface area contributed by atoms with Gasteiger partial charge in [0.25, 0.3) is 0 Å². The van der Waals surface area contributed by atoms with E-state index in [0.29, 0.717) is 5.02 Å². The zero-order valence-corrected chi connectivity index (χ0v) is 12.1. The van der Waals surface area contributed by atoms with Crippen molar-refractivity contribution in [2.45, 2.75) is 6.61 Å². The van der Waals surface area contributed by atoms with E-state index in [1.165, 1.54) is 0 Å². The number of alkyl carbamates (subject to hydrolysis) is 1. The van der Waals surface area contributed by atoms with Gasteiger partial charge in [-0.2, -0.15) is 0 Å². The van der Waals surface area contributed by atoms with Crippen molar-refractivity contribution in [2.24, 2.45) is 0 Å². The van der Waals surface area contributed by atoms with E-state index >= 15 is 0 Å². The van der Waals surface area contributed by atoms with E-state index < -0.39 is 6.09 Å². The van der Waals surface area contributed by atoms with Crippen molar-refractivity contribution in [3.8, 4) is 11.8 Å². The molecule has 0 radical (unpaired) electrons. The van der Waals surface area contributed by atoms with E-state index in [2.05, 4.69) is 17.2 Å². The highest BCUT2D eigenvalue weighted by molar-refractivity contribution is 6.30. The van der Waals surface area contributed by atoms with Crippen molar-refractivity contribution in [1.29, 1.82) is 0 Å². The van der Waals surface area contributed by atoms with E-state index in [1.807, 2.05) is 42.5 Å². The van der Waals surface area contributed by atoms with Crippen LogP contribution in [0.5, 0.6) is 0 Å². The highest BCUT2D eigenvalue weighted by Crippen LogP contribution is 2.08. The first-order valence-electron chi connectivity index (χ1n) is 6.43. The molecule has 0 bridgehead atoms. The molecule has 1 amide bonds. The van der Waals surface area contributed by atoms with Crippen molar-refractivity contribution in [1.82, 2.24) is 5.32 Å². The minimum Gasteiger partial charge on any atom is -0.445 e. The molecule has 3 nitrogen and oxygen atoms in total. The Balaban J connectivity index is 1.71. The third-order valence-electron chi connectivity index (χ3n) is 2.61. The van der Waals surface area contributed by atoms with Crippen molar-refractivity contribution in [3.63, 3.8) is 0 Å². The Kier molecular flexibility index (Phi) is 5.69. The molecule has 0 spiro atoms. The van der Waals surface area contributed by atoms with Crippen molar-refractivity contribution in [2.75, 3.05) is 6.54 Å². The number of rotatable bonds is 3. The summed E-state index contributed by atoms with van der Waals surface area (Å²) in [6, 6.07) is 16.7. The second kappa shape index (κ2) is 7.98. The van der Waals surface area contributed by atoms with Gasteiger partial charge in [-0.05, 0) is 29.8 Å². The third-order valence-corrected chi connectivity index (χ3v) is 2.86. The molecule has 0 heterocycles. The monoisotopic (exact) mass is 299 g/mol. The molecular formula is C17H14ClNO2. The van der Waals surface area contributed by atoms with Crippen LogP contribution in [-0.2, 0) is 11.3 Å². The molecular weight excluding hydrogens is 286 g/mol. The van der Waals surface area contributed by atoms with Crippen LogP contribution in [0.3, 0.4) is 0 Å². The maximum atomic E-state index is 11.5. The lowest BCUT2D eigenvalue weighted by atomic mass is 10.2. The van der Waals surface area contributed by atoms with Gasteiger partial charge in [-0.25, -0.2) is 4.79 Å². The van der Waals surface area contributed by atoms with Crippen LogP contribution in [0.2, 0.25) is 5.02 Å². The number of halogens is 1. The summed E-state index contributed by atoms with van der Waals surface area (Å²) in [5.74, 6) is 5.77. The largest absolute Gasteiger partial charge is 0.445 e. The number of hydrogen-bond acceptors (Lipinski definition) is 2. The van der Waals surface area contributed by atoms with Crippen LogP contribution >= 0.6 is 11.6 Å². The van der Waals surface area contributed by atoms with Crippen LogP contribution in [0, 0.1) is 11.8 Å². The van der Waals surface area contributed by atoms with Crippen molar-refractivity contribution >= 4 is 17.7 Å². The van der Waals surface area contributed by atoms with E-state index in [-0.39, 0.29) is 13.2 Å². The third kappa shape index (κ3) is 5.60. The minimum atomic E-state index is -0.482. The minimum absolute atomic E-state index is 0.232. The van der Waals surface area contributed by atoms with Crippen LogP contribution in [-0.4, -0.2) is 12.6 Å². The number of amides is 1. The Morgan fingerprint density at radius 2 is 1.81 bits per heavy atom. The highest BCUT2D eigenvalue weighted by Gasteiger charge is 1.99. The average molecular weight is 300 g/mol. The lowest BCUT2D eigenvalue weighted by Gasteiger charge is -2.04. The molecule has 21 heavy (non-hydrogen) atoms. The Morgan fingerprint density at radius 3 is 2.52 bits per heavy atom. The predicted octanol–water partition coefficient (Wildman–Crippen LogP) is 3.62. The summed E-state index contributed by atoms with van der Waals surface area (Å²) in [5.41, 5.74) is 1.79. The molecule has 1 N–H and O–H groups in total. The molecule has 0 aliphatic carbocycles. The Hall–Kier alpha value is -2.44. The number of carbonyl (C=O) groups excluding carboxylic acids is 1. The molecule has 0 fully saturated rings. The standard InChI is InChI=1S/C17H14ClNO2/c18-16-10-8-14(9-11-16)7-4-12-19-17(20)21-13-15-5-2-1-3-6-15/h1-3,5-6,8-11H,12-13H2,(H,19,20). The van der Waals surface area contributed by atoms with Crippen LogP contribution in [0.1, 0.15) is 11.1 Å². The molecule has 0 unspecified atom stereocenters. The van der Waals surface area contributed by atoms with Gasteiger partial charge in [0.05, 0.1) is 6.54 Å². The van der Waals surface area contributed by atoms with Crippen molar-refractivity contribution < 1.29 is 9.53 Å². The molecule has 2 aromatic rings.